The van der Waals surface area contributed by atoms with E-state index >= 15 is 0 Å². The van der Waals surface area contributed by atoms with Crippen molar-refractivity contribution in [3.8, 4) is 5.75 Å². The molecule has 1 aromatic heterocycles. The number of benzene rings is 1. The van der Waals surface area contributed by atoms with Gasteiger partial charge >= 0.3 is 0 Å². The summed E-state index contributed by atoms with van der Waals surface area (Å²) in [5.41, 5.74) is -0.142. The largest absolute Gasteiger partial charge is 0.711 e. The van der Waals surface area contributed by atoms with Gasteiger partial charge in [0.25, 0.3) is 11.5 Å². The van der Waals surface area contributed by atoms with Crippen molar-refractivity contribution in [1.82, 2.24) is 0 Å². The van der Waals surface area contributed by atoms with E-state index in [1.54, 1.807) is 0 Å². The minimum Gasteiger partial charge on any atom is -0.711 e. The van der Waals surface area contributed by atoms with Crippen molar-refractivity contribution >= 4 is 11.5 Å². The molecule has 0 bridgehead atoms. The number of rotatable bonds is 9. The molecular formula is C15H17N3O5. The molecule has 0 amide bonds. The lowest BCUT2D eigenvalue weighted by Gasteiger charge is -2.09. The van der Waals surface area contributed by atoms with E-state index in [1.165, 1.54) is 6.07 Å². The predicted molar refractivity (Wildman–Crippen MR) is 83.3 cm³/mol. The second-order valence-corrected chi connectivity index (χ2v) is 4.55. The molecule has 23 heavy (non-hydrogen) atoms. The monoisotopic (exact) mass is 319 g/mol. The number of hydrogen-bond donors (Lipinski definition) is 1. The molecule has 0 fully saturated rings. The fraction of sp³-hybridized carbons (Fsp3) is 0.267. The molecule has 0 saturated carbocycles. The maximum absolute atomic E-state index is 11.5. The lowest BCUT2D eigenvalue weighted by molar-refractivity contribution is -0.591. The van der Waals surface area contributed by atoms with Gasteiger partial charge in [-0.05, 0) is 12.1 Å². The van der Waals surface area contributed by atoms with Gasteiger partial charge in [-0.15, -0.1) is 0 Å². The molecule has 0 aliphatic heterocycles. The van der Waals surface area contributed by atoms with Crippen LogP contribution in [0.15, 0.2) is 48.7 Å². The van der Waals surface area contributed by atoms with E-state index in [2.05, 4.69) is 5.32 Å². The molecule has 8 heteroatoms. The van der Waals surface area contributed by atoms with Gasteiger partial charge < -0.3 is 14.7 Å². The lowest BCUT2D eigenvalue weighted by atomic mass is 10.3. The fourth-order valence-electron chi connectivity index (χ4n) is 1.81. The summed E-state index contributed by atoms with van der Waals surface area (Å²) < 4.78 is 11.4. The van der Waals surface area contributed by atoms with Crippen LogP contribution in [-0.4, -0.2) is 31.3 Å². The number of nitro groups is 1. The number of hydrogen-bond acceptors (Lipinski definition) is 6. The number of ether oxygens (including phenoxy) is 2. The van der Waals surface area contributed by atoms with Crippen LogP contribution < -0.4 is 14.8 Å². The summed E-state index contributed by atoms with van der Waals surface area (Å²) in [4.78, 5) is 10.1. The van der Waals surface area contributed by atoms with Crippen molar-refractivity contribution in [2.24, 2.45) is 0 Å². The quantitative estimate of drug-likeness (QED) is 0.248. The van der Waals surface area contributed by atoms with Crippen LogP contribution in [0.5, 0.6) is 5.75 Å². The maximum Gasteiger partial charge on any atom is 0.284 e. The molecule has 1 aromatic carbocycles. The summed E-state index contributed by atoms with van der Waals surface area (Å²) in [6.45, 7) is 1.53. The van der Waals surface area contributed by atoms with Crippen LogP contribution in [0.25, 0.3) is 0 Å². The van der Waals surface area contributed by atoms with Gasteiger partial charge in [0.1, 0.15) is 31.2 Å². The van der Waals surface area contributed by atoms with Gasteiger partial charge in [-0.25, -0.2) is 4.73 Å². The summed E-state index contributed by atoms with van der Waals surface area (Å²) >= 11 is 0. The zero-order valence-corrected chi connectivity index (χ0v) is 12.4. The lowest BCUT2D eigenvalue weighted by Crippen LogP contribution is -2.31. The van der Waals surface area contributed by atoms with E-state index in [4.69, 9.17) is 9.47 Å². The highest BCUT2D eigenvalue weighted by molar-refractivity contribution is 5.40. The third kappa shape index (κ3) is 5.44. The van der Waals surface area contributed by atoms with Crippen LogP contribution in [0.1, 0.15) is 0 Å². The average molecular weight is 319 g/mol. The summed E-state index contributed by atoms with van der Waals surface area (Å²) in [5, 5.41) is 24.9. The van der Waals surface area contributed by atoms with E-state index in [0.717, 1.165) is 18.0 Å². The van der Waals surface area contributed by atoms with Gasteiger partial charge in [0.15, 0.2) is 0 Å². The highest BCUT2D eigenvalue weighted by Crippen LogP contribution is 2.12. The van der Waals surface area contributed by atoms with Crippen molar-refractivity contribution in [3.05, 3.63) is 64.0 Å². The molecule has 1 N–H and O–H groups in total. The Balaban J connectivity index is 1.64. The zero-order valence-electron chi connectivity index (χ0n) is 12.4. The third-order valence-corrected chi connectivity index (χ3v) is 2.91. The van der Waals surface area contributed by atoms with Crippen LogP contribution in [0.3, 0.4) is 0 Å². The molecule has 0 aliphatic rings. The Labute approximate surface area is 133 Å². The molecule has 0 atom stereocenters. The Hall–Kier alpha value is -2.87. The fourth-order valence-corrected chi connectivity index (χ4v) is 1.81. The van der Waals surface area contributed by atoms with E-state index in [9.17, 15) is 15.3 Å². The van der Waals surface area contributed by atoms with Gasteiger partial charge in [-0.2, -0.15) is 0 Å². The number of para-hydroxylation sites is 1. The molecule has 0 unspecified atom stereocenters. The van der Waals surface area contributed by atoms with Crippen molar-refractivity contribution in [1.29, 1.82) is 0 Å². The second kappa shape index (κ2) is 8.54. The van der Waals surface area contributed by atoms with E-state index in [1.807, 2.05) is 30.3 Å². The first-order valence-electron chi connectivity index (χ1n) is 7.04. The number of nitrogens with one attached hydrogen (secondary N) is 1. The molecule has 122 valence electrons. The molecule has 2 aromatic rings. The van der Waals surface area contributed by atoms with Gasteiger partial charge in [0, 0.05) is 0 Å². The second-order valence-electron chi connectivity index (χ2n) is 4.55. The zero-order chi connectivity index (χ0) is 16.5. The van der Waals surface area contributed by atoms with Crippen molar-refractivity contribution in [3.63, 3.8) is 0 Å². The van der Waals surface area contributed by atoms with Gasteiger partial charge in [0.05, 0.1) is 24.2 Å². The van der Waals surface area contributed by atoms with Crippen LogP contribution in [0.2, 0.25) is 0 Å². The van der Waals surface area contributed by atoms with E-state index < -0.39 is 4.92 Å². The van der Waals surface area contributed by atoms with Crippen LogP contribution in [-0.2, 0) is 4.74 Å². The maximum atomic E-state index is 11.5. The van der Waals surface area contributed by atoms with Crippen molar-refractivity contribution < 1.29 is 19.1 Å². The minimum absolute atomic E-state index is 0.114. The van der Waals surface area contributed by atoms with E-state index in [0.29, 0.717) is 31.1 Å². The SMILES string of the molecule is O=[N+]([O-])c1cc[n+]([O-])c(NCCOCCOc2ccccc2)c1. The Morgan fingerprint density at radius 3 is 2.65 bits per heavy atom. The Kier molecular flexibility index (Phi) is 6.13. The number of anilines is 1. The minimum atomic E-state index is -0.553. The topological polar surface area (TPSA) is 101 Å². The summed E-state index contributed by atoms with van der Waals surface area (Å²) in [7, 11) is 0. The average Bonchev–Trinajstić information content (AvgIpc) is 2.56. The molecule has 8 nitrogen and oxygen atoms in total. The Morgan fingerprint density at radius 2 is 1.91 bits per heavy atom. The molecule has 0 aliphatic carbocycles. The normalized spacial score (nSPS) is 10.3. The molecule has 0 spiro atoms. The van der Waals surface area contributed by atoms with Gasteiger partial charge in [0.2, 0.25) is 0 Å². The first-order chi connectivity index (χ1) is 11.2. The molecule has 2 rings (SSSR count). The smallest absolute Gasteiger partial charge is 0.284 e. The number of pyridine rings is 1. The molecule has 1 heterocycles. The number of nitrogens with zero attached hydrogens (tertiary/aromatic N) is 2. The highest BCUT2D eigenvalue weighted by Gasteiger charge is 2.12. The highest BCUT2D eigenvalue weighted by atomic mass is 16.6. The van der Waals surface area contributed by atoms with Gasteiger partial charge in [-0.3, -0.25) is 15.4 Å². The summed E-state index contributed by atoms with van der Waals surface area (Å²) in [6.07, 6.45) is 1.09. The molecule has 0 radical (unpaired) electrons. The number of aromatic nitrogens is 1. The first kappa shape index (κ1) is 16.5. The van der Waals surface area contributed by atoms with Crippen LogP contribution >= 0.6 is 0 Å². The van der Waals surface area contributed by atoms with E-state index in [-0.39, 0.29) is 11.5 Å². The van der Waals surface area contributed by atoms with Crippen molar-refractivity contribution in [2.45, 2.75) is 0 Å². The van der Waals surface area contributed by atoms with Gasteiger partial charge in [-0.1, -0.05) is 18.2 Å². The summed E-state index contributed by atoms with van der Waals surface area (Å²) in [5.74, 6) is 0.890. The van der Waals surface area contributed by atoms with Crippen LogP contribution in [0.4, 0.5) is 11.5 Å². The standard InChI is InChI=1S/C15H17N3O5/c19-17-8-6-13(18(20)21)12-15(17)16-7-9-22-10-11-23-14-4-2-1-3-5-14/h1-6,8,12,16H,7,9-11H2. The molecular weight excluding hydrogens is 302 g/mol. The Bertz CT molecular complexity index is 636. The van der Waals surface area contributed by atoms with Crippen molar-refractivity contribution in [2.75, 3.05) is 31.7 Å². The van der Waals surface area contributed by atoms with Crippen LogP contribution in [0, 0.1) is 15.3 Å². The summed E-state index contributed by atoms with van der Waals surface area (Å²) in [6, 6.07) is 11.7. The first-order valence-corrected chi connectivity index (χ1v) is 7.04. The third-order valence-electron chi connectivity index (χ3n) is 2.91. The molecule has 0 saturated heterocycles. The Morgan fingerprint density at radius 1 is 1.13 bits per heavy atom. The predicted octanol–water partition coefficient (Wildman–Crippen LogP) is 1.74.